The molecule has 132 valence electrons. The Hall–Kier alpha value is -1.44. The molecule has 0 N–H and O–H groups in total. The molecule has 0 aliphatic heterocycles. The summed E-state index contributed by atoms with van der Waals surface area (Å²) in [7, 11) is -5.36. The molecule has 0 fully saturated rings. The highest BCUT2D eigenvalue weighted by Gasteiger charge is 2.17. The van der Waals surface area contributed by atoms with E-state index in [-0.39, 0.29) is 24.1 Å². The Kier molecular flexibility index (Phi) is 6.73. The van der Waals surface area contributed by atoms with Gasteiger partial charge in [-0.25, -0.2) is 12.6 Å². The Morgan fingerprint density at radius 1 is 1.13 bits per heavy atom. The van der Waals surface area contributed by atoms with Crippen molar-refractivity contribution in [1.29, 1.82) is 0 Å². The molecule has 10 nitrogen and oxygen atoms in total. The number of aromatic nitrogens is 3. The lowest BCUT2D eigenvalue weighted by atomic mass is 10.6. The summed E-state index contributed by atoms with van der Waals surface area (Å²) in [6, 6.07) is 0. The summed E-state index contributed by atoms with van der Waals surface area (Å²) in [6.07, 6.45) is -0.958. The minimum Gasteiger partial charge on any atom is -0.343 e. The minimum atomic E-state index is -4.17. The van der Waals surface area contributed by atoms with Crippen molar-refractivity contribution in [3.05, 3.63) is 11.9 Å². The zero-order valence-electron chi connectivity index (χ0n) is 12.8. The van der Waals surface area contributed by atoms with Crippen LogP contribution in [-0.4, -0.2) is 70.6 Å². The van der Waals surface area contributed by atoms with Gasteiger partial charge in [-0.2, -0.15) is 27.8 Å². The van der Waals surface area contributed by atoms with E-state index in [2.05, 4.69) is 23.3 Å². The topological polar surface area (TPSA) is 129 Å². The molecule has 0 amide bonds. The van der Waals surface area contributed by atoms with Gasteiger partial charge in [-0.3, -0.25) is 4.18 Å². The molecular weight excluding hydrogens is 355 g/mol. The fraction of sp³-hybridized carbons (Fsp3) is 0.700. The molecule has 1 aromatic heterocycles. The largest absolute Gasteiger partial charge is 0.399 e. The first-order valence-electron chi connectivity index (χ1n) is 6.29. The second-order valence-corrected chi connectivity index (χ2v) is 8.11. The van der Waals surface area contributed by atoms with Gasteiger partial charge in [0, 0.05) is 13.6 Å². The monoisotopic (exact) mass is 372 g/mol. The number of rotatable bonds is 9. The average Bonchev–Trinajstić information content (AvgIpc) is 2.43. The zero-order chi connectivity index (χ0) is 17.7. The van der Waals surface area contributed by atoms with Crippen molar-refractivity contribution in [1.82, 2.24) is 15.0 Å². The van der Waals surface area contributed by atoms with E-state index in [4.69, 9.17) is 0 Å². The van der Waals surface area contributed by atoms with Crippen LogP contribution in [0, 0.1) is 13.0 Å². The number of nitrogens with zero attached hydrogens (tertiary/aromatic N) is 4. The standard InChI is InChI=1S/C10H17FN4O6S2/c1-8-12-9(11)14-10(13-8)15(2)4-6-22(16,17)7-5-21-23(18,19)20-3/h4-7H2,1-3H3. The van der Waals surface area contributed by atoms with Crippen LogP contribution in [-0.2, 0) is 28.6 Å². The van der Waals surface area contributed by atoms with Gasteiger partial charge in [0.25, 0.3) is 0 Å². The first-order valence-corrected chi connectivity index (χ1v) is 9.45. The average molecular weight is 372 g/mol. The highest BCUT2D eigenvalue weighted by molar-refractivity contribution is 7.91. The molecule has 1 aromatic rings. The molecule has 0 unspecified atom stereocenters. The van der Waals surface area contributed by atoms with Crippen LogP contribution in [0.25, 0.3) is 0 Å². The third kappa shape index (κ3) is 7.11. The van der Waals surface area contributed by atoms with E-state index in [9.17, 15) is 21.2 Å². The molecule has 0 radical (unpaired) electrons. The zero-order valence-corrected chi connectivity index (χ0v) is 14.4. The van der Waals surface area contributed by atoms with Gasteiger partial charge in [0.15, 0.2) is 9.84 Å². The van der Waals surface area contributed by atoms with Crippen molar-refractivity contribution in [2.45, 2.75) is 6.92 Å². The van der Waals surface area contributed by atoms with E-state index in [1.807, 2.05) is 0 Å². The Balaban J connectivity index is 2.55. The quantitative estimate of drug-likeness (QED) is 0.536. The molecule has 0 aliphatic carbocycles. The van der Waals surface area contributed by atoms with Crippen LogP contribution >= 0.6 is 0 Å². The van der Waals surface area contributed by atoms with Crippen LogP contribution in [0.5, 0.6) is 0 Å². The maximum atomic E-state index is 13.1. The first kappa shape index (κ1) is 19.6. The highest BCUT2D eigenvalue weighted by atomic mass is 32.3. The molecule has 0 saturated carbocycles. The van der Waals surface area contributed by atoms with Crippen molar-refractivity contribution >= 4 is 26.2 Å². The Morgan fingerprint density at radius 2 is 1.78 bits per heavy atom. The molecule has 13 heteroatoms. The van der Waals surface area contributed by atoms with Gasteiger partial charge in [-0.1, -0.05) is 0 Å². The summed E-state index contributed by atoms with van der Waals surface area (Å²) in [6.45, 7) is 0.913. The van der Waals surface area contributed by atoms with Crippen molar-refractivity contribution in [2.24, 2.45) is 0 Å². The highest BCUT2D eigenvalue weighted by Crippen LogP contribution is 2.06. The molecular formula is C10H17FN4O6S2. The smallest absolute Gasteiger partial charge is 0.343 e. The SMILES string of the molecule is COS(=O)(=O)OCCS(=O)(=O)CCN(C)c1nc(C)nc(F)n1. The molecule has 23 heavy (non-hydrogen) atoms. The van der Waals surface area contributed by atoms with Crippen molar-refractivity contribution in [3.8, 4) is 0 Å². The van der Waals surface area contributed by atoms with Gasteiger partial charge in [0.1, 0.15) is 5.82 Å². The van der Waals surface area contributed by atoms with Gasteiger partial charge >= 0.3 is 16.5 Å². The maximum Gasteiger partial charge on any atom is 0.399 e. The van der Waals surface area contributed by atoms with E-state index in [1.165, 1.54) is 18.9 Å². The Labute approximate surface area is 133 Å². The second-order valence-electron chi connectivity index (χ2n) is 4.42. The second kappa shape index (κ2) is 7.90. The Morgan fingerprint density at radius 3 is 2.35 bits per heavy atom. The number of anilines is 1. The molecule has 0 saturated heterocycles. The number of sulfone groups is 1. The van der Waals surface area contributed by atoms with Gasteiger partial charge < -0.3 is 4.90 Å². The predicted octanol–water partition coefficient (Wildman–Crippen LogP) is -0.922. The van der Waals surface area contributed by atoms with E-state index in [0.29, 0.717) is 0 Å². The summed E-state index contributed by atoms with van der Waals surface area (Å²) in [4.78, 5) is 12.1. The number of hydrogen-bond donors (Lipinski definition) is 0. The number of hydrogen-bond acceptors (Lipinski definition) is 10. The summed E-state index contributed by atoms with van der Waals surface area (Å²) >= 11 is 0. The fourth-order valence-corrected chi connectivity index (χ4v) is 2.98. The predicted molar refractivity (Wildman–Crippen MR) is 78.3 cm³/mol. The summed E-state index contributed by atoms with van der Waals surface area (Å²) < 4.78 is 66.8. The van der Waals surface area contributed by atoms with Crippen molar-refractivity contribution in [3.63, 3.8) is 0 Å². The maximum absolute atomic E-state index is 13.1. The Bertz CT molecular complexity index is 719. The lowest BCUT2D eigenvalue weighted by Crippen LogP contribution is -2.29. The van der Waals surface area contributed by atoms with Gasteiger partial charge in [0.05, 0.1) is 25.2 Å². The molecule has 0 bridgehead atoms. The molecule has 1 heterocycles. The molecule has 0 aromatic carbocycles. The van der Waals surface area contributed by atoms with Crippen molar-refractivity contribution in [2.75, 3.05) is 43.7 Å². The van der Waals surface area contributed by atoms with E-state index >= 15 is 0 Å². The van der Waals surface area contributed by atoms with Crippen LogP contribution in [0.3, 0.4) is 0 Å². The lowest BCUT2D eigenvalue weighted by Gasteiger charge is -2.16. The molecule has 0 aliphatic rings. The van der Waals surface area contributed by atoms with E-state index in [1.54, 1.807) is 0 Å². The fourth-order valence-electron chi connectivity index (χ4n) is 1.40. The third-order valence-corrected chi connectivity index (χ3v) is 5.07. The van der Waals surface area contributed by atoms with Crippen LogP contribution in [0.4, 0.5) is 10.3 Å². The van der Waals surface area contributed by atoms with Crippen LogP contribution in [0.1, 0.15) is 5.82 Å². The first-order chi connectivity index (χ1) is 10.5. The summed E-state index contributed by atoms with van der Waals surface area (Å²) in [5.41, 5.74) is 0. The van der Waals surface area contributed by atoms with E-state index < -0.39 is 38.7 Å². The van der Waals surface area contributed by atoms with Gasteiger partial charge in [0.2, 0.25) is 5.95 Å². The number of halogens is 1. The van der Waals surface area contributed by atoms with E-state index in [0.717, 1.165) is 7.11 Å². The minimum absolute atomic E-state index is 0.00316. The van der Waals surface area contributed by atoms with Crippen LogP contribution in [0.15, 0.2) is 0 Å². The van der Waals surface area contributed by atoms with Crippen LogP contribution < -0.4 is 4.90 Å². The van der Waals surface area contributed by atoms with Crippen LogP contribution in [0.2, 0.25) is 0 Å². The summed E-state index contributed by atoms with van der Waals surface area (Å²) in [5.74, 6) is -0.649. The number of aryl methyl sites for hydroxylation is 1. The normalized spacial score (nSPS) is 12.3. The van der Waals surface area contributed by atoms with Gasteiger partial charge in [-0.15, -0.1) is 0 Å². The summed E-state index contributed by atoms with van der Waals surface area (Å²) in [5, 5.41) is 0. The molecule has 1 rings (SSSR count). The third-order valence-electron chi connectivity index (χ3n) is 2.61. The van der Waals surface area contributed by atoms with Crippen molar-refractivity contribution < 1.29 is 29.6 Å². The lowest BCUT2D eigenvalue weighted by molar-refractivity contribution is 0.255. The van der Waals surface area contributed by atoms with Gasteiger partial charge in [-0.05, 0) is 6.92 Å². The molecule has 0 spiro atoms. The molecule has 0 atom stereocenters.